The maximum Gasteiger partial charge on any atom is 0.184 e. The van der Waals surface area contributed by atoms with Crippen molar-refractivity contribution in [3.05, 3.63) is 71.8 Å². The van der Waals surface area contributed by atoms with Gasteiger partial charge in [0.15, 0.2) is 12.6 Å². The summed E-state index contributed by atoms with van der Waals surface area (Å²) in [5.41, 5.74) is 1.70. The highest BCUT2D eigenvalue weighted by Gasteiger charge is 2.44. The molecule has 0 radical (unpaired) electrons. The lowest BCUT2D eigenvalue weighted by molar-refractivity contribution is -0.331. The van der Waals surface area contributed by atoms with Gasteiger partial charge in [-0.25, -0.2) is 0 Å². The van der Waals surface area contributed by atoms with E-state index in [1.54, 1.807) is 0 Å². The van der Waals surface area contributed by atoms with Crippen LogP contribution in [0.5, 0.6) is 0 Å². The quantitative estimate of drug-likeness (QED) is 0.873. The first-order chi connectivity index (χ1) is 12.7. The van der Waals surface area contributed by atoms with Gasteiger partial charge in [0.25, 0.3) is 0 Å². The zero-order valence-corrected chi connectivity index (χ0v) is 14.2. The first kappa shape index (κ1) is 17.6. The van der Waals surface area contributed by atoms with Crippen molar-refractivity contribution in [1.29, 1.82) is 0 Å². The third-order valence-corrected chi connectivity index (χ3v) is 4.62. The number of benzene rings is 2. The molecule has 6 heteroatoms. The predicted octanol–water partition coefficient (Wildman–Crippen LogP) is 1.94. The highest BCUT2D eigenvalue weighted by Crippen LogP contribution is 2.34. The SMILES string of the molecule is O[C@@H]1CO[C@H](c2ccccc2)O[C@@H]1[C@@H]1O[C@H](c2ccccc2)OC[C@@H]1O. The van der Waals surface area contributed by atoms with Crippen molar-refractivity contribution in [2.75, 3.05) is 13.2 Å². The van der Waals surface area contributed by atoms with E-state index in [0.717, 1.165) is 11.1 Å². The standard InChI is InChI=1S/C20H22O6/c21-15-11-23-19(13-7-3-1-4-8-13)25-17(15)18-16(22)12-24-20(26-18)14-9-5-2-6-10-14/h1-10,15-22H,11-12H2/t15-,16+,17+,18-,19+,20-. The van der Waals surface area contributed by atoms with Gasteiger partial charge >= 0.3 is 0 Å². The summed E-state index contributed by atoms with van der Waals surface area (Å²) in [7, 11) is 0. The summed E-state index contributed by atoms with van der Waals surface area (Å²) in [4.78, 5) is 0. The van der Waals surface area contributed by atoms with Crippen LogP contribution in [0, 0.1) is 0 Å². The lowest BCUT2D eigenvalue weighted by Gasteiger charge is -2.43. The number of hydrogen-bond donors (Lipinski definition) is 2. The van der Waals surface area contributed by atoms with Crippen LogP contribution in [-0.2, 0) is 18.9 Å². The number of ether oxygens (including phenoxy) is 4. The Bertz CT molecular complexity index is 632. The van der Waals surface area contributed by atoms with Crippen molar-refractivity contribution in [1.82, 2.24) is 0 Å². The number of rotatable bonds is 3. The number of hydrogen-bond acceptors (Lipinski definition) is 6. The van der Waals surface area contributed by atoms with Gasteiger partial charge < -0.3 is 29.2 Å². The second-order valence-corrected chi connectivity index (χ2v) is 6.49. The lowest BCUT2D eigenvalue weighted by Crippen LogP contribution is -2.55. The summed E-state index contributed by atoms with van der Waals surface area (Å²) in [5.74, 6) is 0. The molecule has 0 amide bonds. The molecule has 138 valence electrons. The van der Waals surface area contributed by atoms with Gasteiger partial charge in [-0.2, -0.15) is 0 Å². The Kier molecular flexibility index (Phi) is 5.31. The number of aliphatic hydroxyl groups is 2. The lowest BCUT2D eigenvalue weighted by atomic mass is 10.0. The molecule has 2 N–H and O–H groups in total. The van der Waals surface area contributed by atoms with Crippen LogP contribution in [0.15, 0.2) is 60.7 Å². The molecule has 0 bridgehead atoms. The monoisotopic (exact) mass is 358 g/mol. The van der Waals surface area contributed by atoms with E-state index in [1.807, 2.05) is 60.7 Å². The van der Waals surface area contributed by atoms with E-state index in [4.69, 9.17) is 18.9 Å². The van der Waals surface area contributed by atoms with Gasteiger partial charge in [0.2, 0.25) is 0 Å². The molecule has 0 aromatic heterocycles. The molecule has 0 spiro atoms. The molecule has 26 heavy (non-hydrogen) atoms. The van der Waals surface area contributed by atoms with Crippen LogP contribution in [0.25, 0.3) is 0 Å². The van der Waals surface area contributed by atoms with Gasteiger partial charge in [-0.1, -0.05) is 60.7 Å². The van der Waals surface area contributed by atoms with E-state index in [9.17, 15) is 10.2 Å². The summed E-state index contributed by atoms with van der Waals surface area (Å²) in [5, 5.41) is 20.8. The molecule has 2 aromatic rings. The molecular weight excluding hydrogens is 336 g/mol. The zero-order valence-electron chi connectivity index (χ0n) is 14.2. The summed E-state index contributed by atoms with van der Waals surface area (Å²) in [6.07, 6.45) is -4.47. The second kappa shape index (κ2) is 7.84. The molecule has 6 nitrogen and oxygen atoms in total. The van der Waals surface area contributed by atoms with E-state index >= 15 is 0 Å². The minimum atomic E-state index is -0.899. The fourth-order valence-electron chi connectivity index (χ4n) is 3.27. The van der Waals surface area contributed by atoms with Gasteiger partial charge in [0, 0.05) is 11.1 Å². The van der Waals surface area contributed by atoms with Gasteiger partial charge in [-0.05, 0) is 0 Å². The summed E-state index contributed by atoms with van der Waals surface area (Å²) < 4.78 is 23.1. The van der Waals surface area contributed by atoms with Crippen molar-refractivity contribution >= 4 is 0 Å². The minimum Gasteiger partial charge on any atom is -0.388 e. The molecule has 2 saturated heterocycles. The molecule has 0 aliphatic carbocycles. The first-order valence-corrected chi connectivity index (χ1v) is 8.72. The summed E-state index contributed by atoms with van der Waals surface area (Å²) >= 11 is 0. The van der Waals surface area contributed by atoms with E-state index in [0.29, 0.717) is 0 Å². The largest absolute Gasteiger partial charge is 0.388 e. The van der Waals surface area contributed by atoms with Gasteiger partial charge in [-0.15, -0.1) is 0 Å². The maximum atomic E-state index is 10.4. The van der Waals surface area contributed by atoms with Crippen molar-refractivity contribution in [3.63, 3.8) is 0 Å². The summed E-state index contributed by atoms with van der Waals surface area (Å²) in [6, 6.07) is 19.0. The fourth-order valence-corrected chi connectivity index (χ4v) is 3.27. The zero-order chi connectivity index (χ0) is 17.9. The van der Waals surface area contributed by atoms with Crippen molar-refractivity contribution < 1.29 is 29.2 Å². The van der Waals surface area contributed by atoms with Crippen LogP contribution in [-0.4, -0.2) is 47.8 Å². The highest BCUT2D eigenvalue weighted by atomic mass is 16.7. The van der Waals surface area contributed by atoms with Gasteiger partial charge in [0.05, 0.1) is 13.2 Å². The molecule has 2 heterocycles. The second-order valence-electron chi connectivity index (χ2n) is 6.49. The van der Waals surface area contributed by atoms with E-state index in [1.165, 1.54) is 0 Å². The Morgan fingerprint density at radius 2 is 1.00 bits per heavy atom. The smallest absolute Gasteiger partial charge is 0.184 e. The third kappa shape index (κ3) is 3.66. The Morgan fingerprint density at radius 3 is 1.38 bits per heavy atom. The molecule has 2 aliphatic rings. The van der Waals surface area contributed by atoms with Crippen molar-refractivity contribution in [2.45, 2.75) is 37.0 Å². The number of aliphatic hydroxyl groups excluding tert-OH is 2. The molecule has 6 atom stereocenters. The molecule has 0 unspecified atom stereocenters. The molecule has 4 rings (SSSR count). The van der Waals surface area contributed by atoms with Crippen molar-refractivity contribution in [3.8, 4) is 0 Å². The summed E-state index contributed by atoms with van der Waals surface area (Å²) in [6.45, 7) is 0.210. The van der Waals surface area contributed by atoms with E-state index in [2.05, 4.69) is 0 Å². The molecule has 2 fully saturated rings. The Morgan fingerprint density at radius 1 is 0.615 bits per heavy atom. The van der Waals surface area contributed by atoms with Crippen LogP contribution < -0.4 is 0 Å². The maximum absolute atomic E-state index is 10.4. The van der Waals surface area contributed by atoms with Gasteiger partial charge in [0.1, 0.15) is 24.4 Å². The Labute approximate surface area is 151 Å². The van der Waals surface area contributed by atoms with Crippen LogP contribution in [0.1, 0.15) is 23.7 Å². The molecular formula is C20H22O6. The Hall–Kier alpha value is -1.80. The van der Waals surface area contributed by atoms with Gasteiger partial charge in [-0.3, -0.25) is 0 Å². The predicted molar refractivity (Wildman–Crippen MR) is 92.0 cm³/mol. The van der Waals surface area contributed by atoms with E-state index in [-0.39, 0.29) is 13.2 Å². The van der Waals surface area contributed by atoms with Crippen LogP contribution in [0.4, 0.5) is 0 Å². The topological polar surface area (TPSA) is 77.4 Å². The highest BCUT2D eigenvalue weighted by molar-refractivity contribution is 5.18. The van der Waals surface area contributed by atoms with Crippen LogP contribution in [0.3, 0.4) is 0 Å². The third-order valence-electron chi connectivity index (χ3n) is 4.62. The average Bonchev–Trinajstić information content (AvgIpc) is 2.70. The molecule has 2 aromatic carbocycles. The average molecular weight is 358 g/mol. The fraction of sp³-hybridized carbons (Fsp3) is 0.400. The van der Waals surface area contributed by atoms with Crippen LogP contribution >= 0.6 is 0 Å². The molecule has 2 aliphatic heterocycles. The minimum absolute atomic E-state index is 0.105. The van der Waals surface area contributed by atoms with E-state index < -0.39 is 37.0 Å². The molecule has 0 saturated carbocycles. The van der Waals surface area contributed by atoms with Crippen LogP contribution in [0.2, 0.25) is 0 Å². The Balaban J connectivity index is 1.51. The first-order valence-electron chi connectivity index (χ1n) is 8.72. The normalized spacial score (nSPS) is 35.2. The van der Waals surface area contributed by atoms with Crippen molar-refractivity contribution in [2.24, 2.45) is 0 Å².